The second kappa shape index (κ2) is 9.94. The molecule has 0 bridgehead atoms. The van der Waals surface area contributed by atoms with E-state index in [0.717, 1.165) is 11.1 Å². The number of urea groups is 1. The third-order valence-electron chi connectivity index (χ3n) is 4.28. The molecule has 0 heterocycles. The van der Waals surface area contributed by atoms with Crippen molar-refractivity contribution in [3.8, 4) is 11.5 Å². The molecule has 0 fully saturated rings. The van der Waals surface area contributed by atoms with Crippen LogP contribution in [0.3, 0.4) is 0 Å². The number of rotatable bonds is 8. The Morgan fingerprint density at radius 2 is 1.52 bits per heavy atom. The summed E-state index contributed by atoms with van der Waals surface area (Å²) in [7, 11) is 0. The molecule has 0 aromatic heterocycles. The van der Waals surface area contributed by atoms with E-state index in [1.54, 1.807) is 6.07 Å². The number of amides is 3. The van der Waals surface area contributed by atoms with Gasteiger partial charge in [-0.25, -0.2) is 4.79 Å². The van der Waals surface area contributed by atoms with E-state index in [1.165, 1.54) is 0 Å². The van der Waals surface area contributed by atoms with Gasteiger partial charge >= 0.3 is 6.03 Å². The Morgan fingerprint density at radius 1 is 0.862 bits per heavy atom. The maximum absolute atomic E-state index is 12.4. The van der Waals surface area contributed by atoms with Crippen molar-refractivity contribution in [1.82, 2.24) is 10.6 Å². The molecule has 0 saturated heterocycles. The molecule has 6 heteroatoms. The van der Waals surface area contributed by atoms with Gasteiger partial charge in [-0.15, -0.1) is 0 Å². The molecule has 4 N–H and O–H groups in total. The standard InChI is InChI=1S/C23H23N3O3/c24-23(28)26-21(15-22(27)25-16-17-8-3-1-4-9-17)18-10-7-13-20(14-18)29-19-11-5-2-6-12-19/h1-14,21H,15-16H2,(H,25,27)(H3,24,26,28). The van der Waals surface area contributed by atoms with Gasteiger partial charge in [-0.3, -0.25) is 4.79 Å². The molecule has 29 heavy (non-hydrogen) atoms. The fourth-order valence-corrected chi connectivity index (χ4v) is 2.90. The average Bonchev–Trinajstić information content (AvgIpc) is 2.73. The minimum absolute atomic E-state index is 0.0601. The molecule has 0 aliphatic carbocycles. The average molecular weight is 389 g/mol. The van der Waals surface area contributed by atoms with E-state index in [-0.39, 0.29) is 12.3 Å². The molecule has 0 radical (unpaired) electrons. The van der Waals surface area contributed by atoms with Crippen molar-refractivity contribution >= 4 is 11.9 Å². The van der Waals surface area contributed by atoms with Crippen molar-refractivity contribution in [1.29, 1.82) is 0 Å². The topological polar surface area (TPSA) is 93.5 Å². The normalized spacial score (nSPS) is 11.3. The van der Waals surface area contributed by atoms with E-state index in [2.05, 4.69) is 10.6 Å². The number of ether oxygens (including phenoxy) is 1. The number of benzene rings is 3. The molecule has 0 aliphatic rings. The van der Waals surface area contributed by atoms with Crippen LogP contribution in [0.1, 0.15) is 23.6 Å². The van der Waals surface area contributed by atoms with Crippen LogP contribution >= 0.6 is 0 Å². The zero-order valence-corrected chi connectivity index (χ0v) is 15.9. The van der Waals surface area contributed by atoms with Crippen molar-refractivity contribution in [3.63, 3.8) is 0 Å². The summed E-state index contributed by atoms with van der Waals surface area (Å²) in [4.78, 5) is 23.9. The molecule has 1 unspecified atom stereocenters. The molecular formula is C23H23N3O3. The number of hydrogen-bond donors (Lipinski definition) is 3. The molecule has 3 aromatic carbocycles. The maximum atomic E-state index is 12.4. The van der Waals surface area contributed by atoms with Gasteiger partial charge in [-0.2, -0.15) is 0 Å². The predicted octanol–water partition coefficient (Wildman–Crippen LogP) is 3.89. The second-order valence-electron chi connectivity index (χ2n) is 6.52. The van der Waals surface area contributed by atoms with Crippen LogP contribution in [0, 0.1) is 0 Å². The first kappa shape index (κ1) is 19.9. The highest BCUT2D eigenvalue weighted by Gasteiger charge is 2.18. The van der Waals surface area contributed by atoms with Crippen LogP contribution in [0.2, 0.25) is 0 Å². The summed E-state index contributed by atoms with van der Waals surface area (Å²) < 4.78 is 5.84. The van der Waals surface area contributed by atoms with E-state index < -0.39 is 12.1 Å². The van der Waals surface area contributed by atoms with Gasteiger partial charge in [0.05, 0.1) is 12.5 Å². The molecule has 0 aliphatic heterocycles. The predicted molar refractivity (Wildman–Crippen MR) is 111 cm³/mol. The Hall–Kier alpha value is -3.80. The number of carbonyl (C=O) groups is 2. The van der Waals surface area contributed by atoms with Gasteiger partial charge in [0.2, 0.25) is 5.91 Å². The second-order valence-corrected chi connectivity index (χ2v) is 6.52. The highest BCUT2D eigenvalue weighted by atomic mass is 16.5. The van der Waals surface area contributed by atoms with Crippen LogP contribution in [-0.4, -0.2) is 11.9 Å². The molecule has 6 nitrogen and oxygen atoms in total. The summed E-state index contributed by atoms with van der Waals surface area (Å²) in [5.41, 5.74) is 7.05. The fraction of sp³-hybridized carbons (Fsp3) is 0.130. The van der Waals surface area contributed by atoms with E-state index in [1.807, 2.05) is 78.9 Å². The van der Waals surface area contributed by atoms with Crippen molar-refractivity contribution in [3.05, 3.63) is 96.1 Å². The van der Waals surface area contributed by atoms with Crippen molar-refractivity contribution in [2.24, 2.45) is 5.73 Å². The van der Waals surface area contributed by atoms with Gasteiger partial charge in [0, 0.05) is 6.54 Å². The molecule has 3 rings (SSSR count). The maximum Gasteiger partial charge on any atom is 0.312 e. The lowest BCUT2D eigenvalue weighted by Gasteiger charge is -2.19. The largest absolute Gasteiger partial charge is 0.457 e. The van der Waals surface area contributed by atoms with E-state index in [4.69, 9.17) is 10.5 Å². The molecule has 0 saturated carbocycles. The summed E-state index contributed by atoms with van der Waals surface area (Å²) >= 11 is 0. The summed E-state index contributed by atoms with van der Waals surface area (Å²) in [6.07, 6.45) is 0.0601. The van der Waals surface area contributed by atoms with Gasteiger partial charge in [-0.1, -0.05) is 60.7 Å². The smallest absolute Gasteiger partial charge is 0.312 e. The van der Waals surface area contributed by atoms with Crippen LogP contribution in [0.15, 0.2) is 84.9 Å². The number of para-hydroxylation sites is 1. The lowest BCUT2D eigenvalue weighted by Crippen LogP contribution is -2.36. The van der Waals surface area contributed by atoms with E-state index in [9.17, 15) is 9.59 Å². The first-order chi connectivity index (χ1) is 14.1. The minimum atomic E-state index is -0.694. The van der Waals surface area contributed by atoms with Gasteiger partial charge in [0.15, 0.2) is 0 Å². The monoisotopic (exact) mass is 389 g/mol. The first-order valence-electron chi connectivity index (χ1n) is 9.29. The summed E-state index contributed by atoms with van der Waals surface area (Å²) in [6, 6.07) is 25.0. The van der Waals surface area contributed by atoms with E-state index in [0.29, 0.717) is 18.0 Å². The van der Waals surface area contributed by atoms with Crippen molar-refractivity contribution < 1.29 is 14.3 Å². The summed E-state index contributed by atoms with van der Waals surface area (Å²) in [5.74, 6) is 1.11. The Labute approximate surface area is 169 Å². The quantitative estimate of drug-likeness (QED) is 0.545. The van der Waals surface area contributed by atoms with E-state index >= 15 is 0 Å². The number of nitrogens with one attached hydrogen (secondary N) is 2. The molecule has 0 spiro atoms. The van der Waals surface area contributed by atoms with Crippen LogP contribution in [0.25, 0.3) is 0 Å². The first-order valence-corrected chi connectivity index (χ1v) is 9.29. The third-order valence-corrected chi connectivity index (χ3v) is 4.28. The Balaban J connectivity index is 1.68. The van der Waals surface area contributed by atoms with Crippen molar-refractivity contribution in [2.45, 2.75) is 19.0 Å². The van der Waals surface area contributed by atoms with Crippen LogP contribution in [-0.2, 0) is 11.3 Å². The Morgan fingerprint density at radius 3 is 2.21 bits per heavy atom. The third kappa shape index (κ3) is 6.39. The molecule has 3 aromatic rings. The molecule has 3 amide bonds. The minimum Gasteiger partial charge on any atom is -0.457 e. The summed E-state index contributed by atoms with van der Waals surface area (Å²) in [5, 5.41) is 5.50. The van der Waals surface area contributed by atoms with Gasteiger partial charge < -0.3 is 21.1 Å². The van der Waals surface area contributed by atoms with Gasteiger partial charge in [0.1, 0.15) is 11.5 Å². The molecular weight excluding hydrogens is 366 g/mol. The number of primary amides is 1. The number of nitrogens with two attached hydrogens (primary N) is 1. The van der Waals surface area contributed by atoms with Crippen LogP contribution in [0.5, 0.6) is 11.5 Å². The SMILES string of the molecule is NC(=O)NC(CC(=O)NCc1ccccc1)c1cccc(Oc2ccccc2)c1. The fourth-order valence-electron chi connectivity index (χ4n) is 2.90. The highest BCUT2D eigenvalue weighted by molar-refractivity contribution is 5.78. The lowest BCUT2D eigenvalue weighted by molar-refractivity contribution is -0.121. The highest BCUT2D eigenvalue weighted by Crippen LogP contribution is 2.26. The summed E-state index contributed by atoms with van der Waals surface area (Å²) in [6.45, 7) is 0.417. The number of hydrogen-bond acceptors (Lipinski definition) is 3. The zero-order chi connectivity index (χ0) is 20.5. The lowest BCUT2D eigenvalue weighted by atomic mass is 10.0. The molecule has 148 valence electrons. The van der Waals surface area contributed by atoms with Crippen LogP contribution in [0.4, 0.5) is 4.79 Å². The molecule has 1 atom stereocenters. The Kier molecular flexibility index (Phi) is 6.84. The van der Waals surface area contributed by atoms with Crippen LogP contribution < -0.4 is 21.1 Å². The van der Waals surface area contributed by atoms with Crippen molar-refractivity contribution in [2.75, 3.05) is 0 Å². The van der Waals surface area contributed by atoms with Gasteiger partial charge in [-0.05, 0) is 35.4 Å². The van der Waals surface area contributed by atoms with Gasteiger partial charge in [0.25, 0.3) is 0 Å². The zero-order valence-electron chi connectivity index (χ0n) is 15.9. The number of carbonyl (C=O) groups excluding carboxylic acids is 2. The Bertz CT molecular complexity index is 946.